The van der Waals surface area contributed by atoms with E-state index in [1.54, 1.807) is 0 Å². The summed E-state index contributed by atoms with van der Waals surface area (Å²) < 4.78 is 23.9. The zero-order valence-corrected chi connectivity index (χ0v) is 48.5. The second kappa shape index (κ2) is 17.9. The summed E-state index contributed by atoms with van der Waals surface area (Å²) in [5.41, 5.74) is 25.0. The fraction of sp³-hybridized carbons (Fsp3) is 0.114. The maximum Gasteiger partial charge on any atom is 0.213 e. The summed E-state index contributed by atoms with van der Waals surface area (Å²) in [5, 5.41) is 9.03. The Hall–Kier alpha value is -10.3. The van der Waals surface area contributed by atoms with Crippen molar-refractivity contribution < 1.29 is 13.3 Å². The molecule has 0 unspecified atom stereocenters. The minimum absolute atomic E-state index is 0.125. The molecule has 0 aliphatic heterocycles. The van der Waals surface area contributed by atoms with Gasteiger partial charge in [-0.3, -0.25) is 4.40 Å². The molecule has 0 amide bonds. The molecule has 17 rings (SSSR count). The van der Waals surface area contributed by atoms with Gasteiger partial charge in [0.05, 0.1) is 28.0 Å². The van der Waals surface area contributed by atoms with Crippen molar-refractivity contribution in [3.8, 4) is 33.4 Å². The van der Waals surface area contributed by atoms with Crippen LogP contribution in [0.3, 0.4) is 0 Å². The van der Waals surface area contributed by atoms with Crippen molar-refractivity contribution in [3.63, 3.8) is 0 Å². The quantitative estimate of drug-likeness (QED) is 0.152. The molecule has 0 atom stereocenters. The average molecular weight is 1100 g/mol. The number of hydrogen-bond acceptors (Lipinski definition) is 5. The van der Waals surface area contributed by atoms with Crippen molar-refractivity contribution in [2.75, 3.05) is 9.80 Å². The third kappa shape index (κ3) is 7.31. The van der Waals surface area contributed by atoms with Gasteiger partial charge in [-0.2, -0.15) is 0 Å². The lowest BCUT2D eigenvalue weighted by Crippen LogP contribution is -2.19. The minimum Gasteiger partial charge on any atom is -0.454 e. The van der Waals surface area contributed by atoms with Crippen LogP contribution in [-0.4, -0.2) is 4.40 Å². The number of furan rings is 3. The van der Waals surface area contributed by atoms with Crippen molar-refractivity contribution in [2.24, 2.45) is 0 Å². The number of para-hydroxylation sites is 2. The molecular weight excluding hydrogens is 1040 g/mol. The van der Waals surface area contributed by atoms with Crippen molar-refractivity contribution in [1.29, 1.82) is 0 Å². The molecule has 0 bridgehead atoms. The normalized spacial score (nSPS) is 13.2. The van der Waals surface area contributed by atoms with Crippen LogP contribution in [0.15, 0.2) is 244 Å². The van der Waals surface area contributed by atoms with Gasteiger partial charge in [-0.05, 0) is 166 Å². The SMILES string of the molecule is Cc1cccc(N(c2ccc3c(c2)C(C)(C)c2c-3c3cc(C(C)(C)C)cc4c5c6ccc(N(c7cccc(C)c7)c7cccc8c7oc7cc(-c9ccccc9)ccc78)cc6oc5n2c34)c2cccc3c2oc2cc(-c4ccccc4)ccc23)c1. The first-order valence-electron chi connectivity index (χ1n) is 29.5. The number of rotatable bonds is 8. The van der Waals surface area contributed by atoms with E-state index in [1.807, 2.05) is 0 Å². The molecule has 0 saturated carbocycles. The molecule has 16 aromatic rings. The number of aromatic nitrogens is 1. The summed E-state index contributed by atoms with van der Waals surface area (Å²) in [5.74, 6) is 0. The highest BCUT2D eigenvalue weighted by Gasteiger charge is 2.43. The van der Waals surface area contributed by atoms with Crippen LogP contribution in [-0.2, 0) is 10.8 Å². The Kier molecular flexibility index (Phi) is 10.4. The zero-order valence-electron chi connectivity index (χ0n) is 48.5. The van der Waals surface area contributed by atoms with Crippen LogP contribution < -0.4 is 9.80 Å². The first-order chi connectivity index (χ1) is 41.3. The van der Waals surface area contributed by atoms with Gasteiger partial charge in [0.15, 0.2) is 11.2 Å². The van der Waals surface area contributed by atoms with Gasteiger partial charge >= 0.3 is 0 Å². The van der Waals surface area contributed by atoms with Crippen LogP contribution in [0.5, 0.6) is 0 Å². The van der Waals surface area contributed by atoms with Gasteiger partial charge in [-0.15, -0.1) is 0 Å². The Morgan fingerprint density at radius 1 is 0.400 bits per heavy atom. The van der Waals surface area contributed by atoms with Crippen molar-refractivity contribution >= 4 is 116 Å². The minimum atomic E-state index is -0.447. The monoisotopic (exact) mass is 1100 g/mol. The van der Waals surface area contributed by atoms with Crippen LogP contribution in [0, 0.1) is 13.8 Å². The van der Waals surface area contributed by atoms with E-state index < -0.39 is 5.41 Å². The molecule has 6 heteroatoms. The Labute approximate surface area is 492 Å². The first-order valence-corrected chi connectivity index (χ1v) is 29.5. The predicted octanol–water partition coefficient (Wildman–Crippen LogP) is 22.7. The summed E-state index contributed by atoms with van der Waals surface area (Å²) in [7, 11) is 0. The molecule has 0 saturated heterocycles. The molecule has 1 aliphatic rings. The van der Waals surface area contributed by atoms with Gasteiger partial charge in [0.2, 0.25) is 5.71 Å². The lowest BCUT2D eigenvalue weighted by atomic mass is 9.85. The predicted molar refractivity (Wildman–Crippen MR) is 354 cm³/mol. The Balaban J connectivity index is 0.841. The number of fused-ring (bicyclic) bond motifs is 16. The Morgan fingerprint density at radius 3 is 1.47 bits per heavy atom. The van der Waals surface area contributed by atoms with Crippen molar-refractivity contribution in [1.82, 2.24) is 4.40 Å². The van der Waals surface area contributed by atoms with Gasteiger partial charge in [0, 0.05) is 77.5 Å². The van der Waals surface area contributed by atoms with Gasteiger partial charge in [-0.25, -0.2) is 0 Å². The van der Waals surface area contributed by atoms with Crippen LogP contribution in [0.25, 0.3) is 116 Å². The van der Waals surface area contributed by atoms with E-state index in [9.17, 15) is 0 Å². The van der Waals surface area contributed by atoms with E-state index in [0.29, 0.717) is 0 Å². The summed E-state index contributed by atoms with van der Waals surface area (Å²) in [6.45, 7) is 16.1. The van der Waals surface area contributed by atoms with Crippen LogP contribution in [0.1, 0.15) is 62.6 Å². The molecule has 0 spiro atoms. The zero-order chi connectivity index (χ0) is 57.2. The number of nitrogens with zero attached hydrogens (tertiary/aromatic N) is 3. The first kappa shape index (κ1) is 49.3. The number of benzene rings is 11. The molecule has 0 fully saturated rings. The molecule has 11 aromatic carbocycles. The fourth-order valence-electron chi connectivity index (χ4n) is 14.2. The number of anilines is 6. The van der Waals surface area contributed by atoms with E-state index in [0.717, 1.165) is 122 Å². The van der Waals surface area contributed by atoms with E-state index in [2.05, 4.69) is 293 Å². The van der Waals surface area contributed by atoms with Crippen LogP contribution in [0.2, 0.25) is 0 Å². The molecule has 408 valence electrons. The van der Waals surface area contributed by atoms with E-state index in [4.69, 9.17) is 13.3 Å². The lowest BCUT2D eigenvalue weighted by Gasteiger charge is -2.28. The molecule has 0 radical (unpaired) electrons. The maximum absolute atomic E-state index is 7.44. The maximum atomic E-state index is 7.44. The highest BCUT2D eigenvalue weighted by Crippen LogP contribution is 2.58. The third-order valence-corrected chi connectivity index (χ3v) is 18.3. The molecule has 5 heterocycles. The van der Waals surface area contributed by atoms with E-state index in [1.165, 1.54) is 55.4 Å². The fourth-order valence-corrected chi connectivity index (χ4v) is 14.2. The topological polar surface area (TPSA) is 50.3 Å². The van der Waals surface area contributed by atoms with Crippen molar-refractivity contribution in [2.45, 2.75) is 59.3 Å². The molecule has 85 heavy (non-hydrogen) atoms. The second-order valence-corrected chi connectivity index (χ2v) is 25.1. The largest absolute Gasteiger partial charge is 0.454 e. The highest BCUT2D eigenvalue weighted by molar-refractivity contribution is 6.26. The molecule has 5 aromatic heterocycles. The van der Waals surface area contributed by atoms with Crippen LogP contribution >= 0.6 is 0 Å². The summed E-state index contributed by atoms with van der Waals surface area (Å²) in [4.78, 5) is 4.72. The molecular formula is C79H59N3O3. The van der Waals surface area contributed by atoms with Gasteiger partial charge in [-0.1, -0.05) is 162 Å². The standard InChI is InChI=1S/C79H59N3O3/c1-46-18-14-24-53(38-46)80(66-28-16-26-59-57-34-30-50(40-68(57)83-74(59)66)48-20-10-8-11-21-48)55-32-36-61-65(44-55)79(6,7)76-71(61)63-42-52(78(3,4)5)43-64-72-62-37-33-56(45-70(62)85-77(72)82(76)73(63)64)81(54-25-15-19-47(2)39-54)67-29-17-27-60-58-35-31-51(41-69(58)84-75(60)67)49-22-12-9-13-23-49/h8-45H,1-7H3. The Bertz CT molecular complexity index is 5410. The van der Waals surface area contributed by atoms with E-state index in [-0.39, 0.29) is 5.41 Å². The highest BCUT2D eigenvalue weighted by atomic mass is 16.3. The van der Waals surface area contributed by atoms with Crippen molar-refractivity contribution in [3.05, 3.63) is 258 Å². The molecule has 0 N–H and O–H groups in total. The summed E-state index contributed by atoms with van der Waals surface area (Å²) >= 11 is 0. The average Bonchev–Trinajstić information content (AvgIpc) is 1.51. The smallest absolute Gasteiger partial charge is 0.213 e. The van der Waals surface area contributed by atoms with Gasteiger partial charge < -0.3 is 23.1 Å². The number of aryl methyl sites for hydroxylation is 2. The molecule has 6 nitrogen and oxygen atoms in total. The number of hydrogen-bond donors (Lipinski definition) is 0. The second-order valence-electron chi connectivity index (χ2n) is 25.1. The molecule has 1 aliphatic carbocycles. The van der Waals surface area contributed by atoms with Gasteiger partial charge in [0.25, 0.3) is 0 Å². The summed E-state index contributed by atoms with van der Waals surface area (Å²) in [6, 6.07) is 83.6. The van der Waals surface area contributed by atoms with E-state index >= 15 is 0 Å². The summed E-state index contributed by atoms with van der Waals surface area (Å²) in [6.07, 6.45) is 0. The van der Waals surface area contributed by atoms with Crippen LogP contribution in [0.4, 0.5) is 34.1 Å². The lowest BCUT2D eigenvalue weighted by molar-refractivity contribution is 0.592. The third-order valence-electron chi connectivity index (χ3n) is 18.3. The Morgan fingerprint density at radius 2 is 0.906 bits per heavy atom. The van der Waals surface area contributed by atoms with Gasteiger partial charge in [0.1, 0.15) is 16.7 Å².